The first-order chi connectivity index (χ1) is 16.9. The summed E-state index contributed by atoms with van der Waals surface area (Å²) in [6.07, 6.45) is 2.16. The fraction of sp³-hybridized carbons (Fsp3) is 0.444. The van der Waals surface area contributed by atoms with E-state index in [0.29, 0.717) is 38.8 Å². The van der Waals surface area contributed by atoms with Crippen molar-refractivity contribution in [2.24, 2.45) is 0 Å². The van der Waals surface area contributed by atoms with Gasteiger partial charge in [0.25, 0.3) is 5.91 Å². The second-order valence-corrected chi connectivity index (χ2v) is 8.77. The highest BCUT2D eigenvalue weighted by Crippen LogP contribution is 2.22. The number of hydrogen-bond acceptors (Lipinski definition) is 6. The number of benzene rings is 2. The highest BCUT2D eigenvalue weighted by atomic mass is 16.5. The molecule has 188 valence electrons. The number of aliphatic carboxylic acids is 1. The van der Waals surface area contributed by atoms with Gasteiger partial charge in [0, 0.05) is 13.1 Å². The van der Waals surface area contributed by atoms with Crippen molar-refractivity contribution in [3.63, 3.8) is 0 Å². The first-order valence-corrected chi connectivity index (χ1v) is 12.2. The number of carbonyl (C=O) groups excluding carboxylic acids is 2. The number of amides is 1. The van der Waals surface area contributed by atoms with Crippen LogP contribution >= 0.6 is 0 Å². The SMILES string of the molecule is CCOC(=O)[C@H](CCc1ccccc1)N[C@@H](C)C(=O)N1C(C(=O)O)CCCN1Cc1ccccc1. The van der Waals surface area contributed by atoms with Gasteiger partial charge in [-0.25, -0.2) is 9.80 Å². The van der Waals surface area contributed by atoms with Gasteiger partial charge in [-0.05, 0) is 50.7 Å². The maximum absolute atomic E-state index is 13.6. The number of nitrogens with one attached hydrogen (secondary N) is 1. The van der Waals surface area contributed by atoms with E-state index in [2.05, 4.69) is 5.32 Å². The number of hydrogen-bond donors (Lipinski definition) is 2. The topological polar surface area (TPSA) is 99.2 Å². The van der Waals surface area contributed by atoms with Crippen molar-refractivity contribution in [1.29, 1.82) is 0 Å². The number of rotatable bonds is 11. The second-order valence-electron chi connectivity index (χ2n) is 8.77. The quantitative estimate of drug-likeness (QED) is 0.476. The molecule has 0 bridgehead atoms. The van der Waals surface area contributed by atoms with Gasteiger partial charge in [0.15, 0.2) is 0 Å². The summed E-state index contributed by atoms with van der Waals surface area (Å²) in [5.41, 5.74) is 2.07. The molecule has 0 aliphatic carbocycles. The molecule has 1 fully saturated rings. The van der Waals surface area contributed by atoms with Gasteiger partial charge in [-0.1, -0.05) is 60.7 Å². The molecule has 2 N–H and O–H groups in total. The summed E-state index contributed by atoms with van der Waals surface area (Å²) in [5, 5.41) is 16.2. The zero-order valence-corrected chi connectivity index (χ0v) is 20.4. The summed E-state index contributed by atoms with van der Waals surface area (Å²) in [6.45, 7) is 4.66. The molecule has 2 aromatic carbocycles. The molecule has 0 spiro atoms. The average Bonchev–Trinajstić information content (AvgIpc) is 2.87. The van der Waals surface area contributed by atoms with Gasteiger partial charge >= 0.3 is 11.9 Å². The summed E-state index contributed by atoms with van der Waals surface area (Å²) in [6, 6.07) is 17.0. The summed E-state index contributed by atoms with van der Waals surface area (Å²) in [7, 11) is 0. The Morgan fingerprint density at radius 1 is 1.06 bits per heavy atom. The monoisotopic (exact) mass is 481 g/mol. The number of aryl methyl sites for hydroxylation is 1. The summed E-state index contributed by atoms with van der Waals surface area (Å²) in [5.74, 6) is -1.82. The van der Waals surface area contributed by atoms with Crippen LogP contribution in [-0.2, 0) is 32.1 Å². The third-order valence-corrected chi connectivity index (χ3v) is 6.17. The maximum atomic E-state index is 13.6. The van der Waals surface area contributed by atoms with Crippen molar-refractivity contribution in [1.82, 2.24) is 15.3 Å². The predicted octanol–water partition coefficient (Wildman–Crippen LogP) is 3.02. The molecule has 1 aliphatic heterocycles. The number of ether oxygens (including phenoxy) is 1. The van der Waals surface area contributed by atoms with Crippen LogP contribution in [0, 0.1) is 0 Å². The molecule has 3 rings (SSSR count). The molecule has 8 nitrogen and oxygen atoms in total. The standard InChI is InChI=1S/C27H35N3O5/c1-3-35-27(34)23(17-16-21-11-6-4-7-12-21)28-20(2)25(31)30-24(26(32)33)15-10-18-29(30)19-22-13-8-5-9-14-22/h4-9,11-14,20,23-24,28H,3,10,15-19H2,1-2H3,(H,32,33)/t20-,23-,24?/m0/s1. The number of nitrogens with zero attached hydrogens (tertiary/aromatic N) is 2. The van der Waals surface area contributed by atoms with E-state index in [1.807, 2.05) is 65.7 Å². The molecule has 35 heavy (non-hydrogen) atoms. The Bertz CT molecular complexity index is 969. The van der Waals surface area contributed by atoms with E-state index in [1.165, 1.54) is 5.01 Å². The molecule has 1 amide bonds. The number of carboxylic acids is 1. The van der Waals surface area contributed by atoms with Gasteiger partial charge in [0.05, 0.1) is 12.6 Å². The van der Waals surface area contributed by atoms with E-state index >= 15 is 0 Å². The van der Waals surface area contributed by atoms with Crippen molar-refractivity contribution in [3.05, 3.63) is 71.8 Å². The molecule has 8 heteroatoms. The molecular formula is C27H35N3O5. The lowest BCUT2D eigenvalue weighted by Gasteiger charge is -2.43. The number of esters is 1. The zero-order chi connectivity index (χ0) is 25.2. The third-order valence-electron chi connectivity index (χ3n) is 6.17. The Balaban J connectivity index is 1.75. The largest absolute Gasteiger partial charge is 0.480 e. The minimum Gasteiger partial charge on any atom is -0.480 e. The Hall–Kier alpha value is -3.23. The summed E-state index contributed by atoms with van der Waals surface area (Å²) < 4.78 is 5.25. The third kappa shape index (κ3) is 7.37. The molecule has 0 aromatic heterocycles. The maximum Gasteiger partial charge on any atom is 0.328 e. The van der Waals surface area contributed by atoms with E-state index in [4.69, 9.17) is 4.74 Å². The predicted molar refractivity (Wildman–Crippen MR) is 132 cm³/mol. The summed E-state index contributed by atoms with van der Waals surface area (Å²) in [4.78, 5) is 38.3. The molecule has 1 unspecified atom stereocenters. The van der Waals surface area contributed by atoms with E-state index in [0.717, 1.165) is 11.1 Å². The molecule has 1 saturated heterocycles. The normalized spacial score (nSPS) is 18.0. The smallest absolute Gasteiger partial charge is 0.328 e. The van der Waals surface area contributed by atoms with E-state index in [9.17, 15) is 19.5 Å². The van der Waals surface area contributed by atoms with E-state index in [-0.39, 0.29) is 12.5 Å². The lowest BCUT2D eigenvalue weighted by Crippen LogP contribution is -2.62. The van der Waals surface area contributed by atoms with Crippen molar-refractivity contribution in [2.75, 3.05) is 13.2 Å². The average molecular weight is 482 g/mol. The van der Waals surface area contributed by atoms with Crippen LogP contribution in [0.25, 0.3) is 0 Å². The highest BCUT2D eigenvalue weighted by molar-refractivity contribution is 5.87. The fourth-order valence-electron chi connectivity index (χ4n) is 4.40. The minimum atomic E-state index is -1.03. The molecule has 0 saturated carbocycles. The van der Waals surface area contributed by atoms with Crippen LogP contribution in [0.3, 0.4) is 0 Å². The van der Waals surface area contributed by atoms with E-state index in [1.54, 1.807) is 13.8 Å². The zero-order valence-electron chi connectivity index (χ0n) is 20.4. The highest BCUT2D eigenvalue weighted by Gasteiger charge is 2.39. The second kappa shape index (κ2) is 13.0. The van der Waals surface area contributed by atoms with Gasteiger partial charge < -0.3 is 9.84 Å². The first kappa shape index (κ1) is 26.4. The summed E-state index contributed by atoms with van der Waals surface area (Å²) >= 11 is 0. The molecule has 3 atom stereocenters. The van der Waals surface area contributed by atoms with Gasteiger partial charge in [0.2, 0.25) is 0 Å². The number of carboxylic acid groups (broad SMARTS) is 1. The van der Waals surface area contributed by atoms with Crippen LogP contribution < -0.4 is 5.32 Å². The van der Waals surface area contributed by atoms with Crippen LogP contribution in [0.15, 0.2) is 60.7 Å². The lowest BCUT2D eigenvalue weighted by atomic mass is 10.0. The molecule has 0 radical (unpaired) electrons. The fourth-order valence-corrected chi connectivity index (χ4v) is 4.40. The first-order valence-electron chi connectivity index (χ1n) is 12.2. The Morgan fingerprint density at radius 3 is 2.29 bits per heavy atom. The van der Waals surface area contributed by atoms with Crippen molar-refractivity contribution in [3.8, 4) is 0 Å². The van der Waals surface area contributed by atoms with Crippen LogP contribution in [-0.4, -0.2) is 64.2 Å². The van der Waals surface area contributed by atoms with E-state index < -0.39 is 30.1 Å². The van der Waals surface area contributed by atoms with Crippen LogP contribution in [0.5, 0.6) is 0 Å². The molecule has 1 heterocycles. The van der Waals surface area contributed by atoms with Gasteiger partial charge in [0.1, 0.15) is 12.1 Å². The lowest BCUT2D eigenvalue weighted by molar-refractivity contribution is -0.178. The van der Waals surface area contributed by atoms with Gasteiger partial charge in [-0.3, -0.25) is 19.9 Å². The van der Waals surface area contributed by atoms with Crippen molar-refractivity contribution < 1.29 is 24.2 Å². The Morgan fingerprint density at radius 2 is 1.69 bits per heavy atom. The minimum absolute atomic E-state index is 0.239. The van der Waals surface area contributed by atoms with Crippen LogP contribution in [0.1, 0.15) is 44.2 Å². The Labute approximate surface area is 206 Å². The number of hydrazine groups is 1. The van der Waals surface area contributed by atoms with Gasteiger partial charge in [-0.15, -0.1) is 0 Å². The van der Waals surface area contributed by atoms with Gasteiger partial charge in [-0.2, -0.15) is 0 Å². The van der Waals surface area contributed by atoms with Crippen LogP contribution in [0.2, 0.25) is 0 Å². The Kier molecular flexibility index (Phi) is 9.81. The molecular weight excluding hydrogens is 446 g/mol. The van der Waals surface area contributed by atoms with Crippen molar-refractivity contribution in [2.45, 2.75) is 64.2 Å². The number of carbonyl (C=O) groups is 3. The molecule has 2 aromatic rings. The van der Waals surface area contributed by atoms with Crippen molar-refractivity contribution >= 4 is 17.8 Å². The molecule has 1 aliphatic rings. The van der Waals surface area contributed by atoms with Crippen LogP contribution in [0.4, 0.5) is 0 Å².